The lowest BCUT2D eigenvalue weighted by Gasteiger charge is -2.18. The van der Waals surface area contributed by atoms with Crippen molar-refractivity contribution >= 4 is 27.1 Å². The number of aryl methyl sites for hydroxylation is 4. The third-order valence-corrected chi connectivity index (χ3v) is 7.14. The number of para-hydroxylation sites is 1. The van der Waals surface area contributed by atoms with E-state index in [2.05, 4.69) is 22.1 Å². The van der Waals surface area contributed by atoms with Gasteiger partial charge in [0.15, 0.2) is 0 Å². The van der Waals surface area contributed by atoms with Crippen molar-refractivity contribution in [3.63, 3.8) is 0 Å². The van der Waals surface area contributed by atoms with Gasteiger partial charge >= 0.3 is 0 Å². The van der Waals surface area contributed by atoms with Gasteiger partial charge in [0.2, 0.25) is 5.89 Å². The minimum absolute atomic E-state index is 0.125. The number of nitrogens with one attached hydrogen (secondary N) is 1. The first-order valence-corrected chi connectivity index (χ1v) is 12.5. The van der Waals surface area contributed by atoms with E-state index >= 15 is 0 Å². The van der Waals surface area contributed by atoms with Crippen molar-refractivity contribution < 1.29 is 14.3 Å². The number of nitrogens with zero attached hydrogens (tertiary/aromatic N) is 3. The molecule has 0 amide bonds. The average molecular weight is 515 g/mol. The van der Waals surface area contributed by atoms with Gasteiger partial charge in [-0.1, -0.05) is 24.8 Å². The Balaban J connectivity index is 1.74. The summed E-state index contributed by atoms with van der Waals surface area (Å²) in [5.74, 6) is 2.19. The molecule has 8 nitrogen and oxygen atoms in total. The first-order chi connectivity index (χ1) is 17.7. The number of thiophene rings is 1. The Labute approximate surface area is 217 Å². The van der Waals surface area contributed by atoms with Crippen LogP contribution < -0.4 is 15.6 Å². The second kappa shape index (κ2) is 9.68. The zero-order chi connectivity index (χ0) is 26.3. The van der Waals surface area contributed by atoms with Gasteiger partial charge in [0.1, 0.15) is 22.4 Å². The molecule has 1 atom stereocenters. The minimum Gasteiger partial charge on any atom is -0.456 e. The maximum atomic E-state index is 13.1. The van der Waals surface area contributed by atoms with Gasteiger partial charge in [0.25, 0.3) is 11.4 Å². The Morgan fingerprint density at radius 1 is 1.14 bits per heavy atom. The lowest BCUT2D eigenvalue weighted by molar-refractivity contribution is 0.253. The smallest absolute Gasteiger partial charge is 0.268 e. The zero-order valence-electron chi connectivity index (χ0n) is 20.9. The van der Waals surface area contributed by atoms with E-state index < -0.39 is 6.23 Å². The van der Waals surface area contributed by atoms with Crippen LogP contribution in [-0.2, 0) is 7.05 Å². The maximum Gasteiger partial charge on any atom is 0.268 e. The molecule has 5 aromatic rings. The topological polar surface area (TPSA) is 102 Å². The Bertz CT molecular complexity index is 1680. The molecule has 3 heterocycles. The lowest BCUT2D eigenvalue weighted by atomic mass is 10.0. The molecule has 0 saturated heterocycles. The van der Waals surface area contributed by atoms with Crippen molar-refractivity contribution in [3.05, 3.63) is 88.7 Å². The van der Waals surface area contributed by atoms with Crippen LogP contribution >= 0.6 is 11.3 Å². The maximum absolute atomic E-state index is 13.1. The Morgan fingerprint density at radius 2 is 1.89 bits per heavy atom. The molecule has 37 heavy (non-hydrogen) atoms. The lowest BCUT2D eigenvalue weighted by Crippen LogP contribution is -2.16. The summed E-state index contributed by atoms with van der Waals surface area (Å²) >= 11 is 1.31. The van der Waals surface area contributed by atoms with Crippen LogP contribution in [0.4, 0.5) is 5.69 Å². The summed E-state index contributed by atoms with van der Waals surface area (Å²) in [6.45, 7) is 9.36. The van der Waals surface area contributed by atoms with E-state index in [0.29, 0.717) is 32.8 Å². The normalized spacial score (nSPS) is 12.0. The van der Waals surface area contributed by atoms with E-state index in [1.165, 1.54) is 17.4 Å². The van der Waals surface area contributed by atoms with E-state index in [4.69, 9.17) is 9.15 Å². The molecule has 5 rings (SSSR count). The van der Waals surface area contributed by atoms with Gasteiger partial charge in [-0.3, -0.25) is 4.79 Å². The molecule has 0 aliphatic rings. The molecule has 3 aromatic heterocycles. The molecular formula is C28H26N4O4S. The van der Waals surface area contributed by atoms with Crippen LogP contribution in [0.5, 0.6) is 11.5 Å². The number of aromatic nitrogens is 3. The number of benzene rings is 2. The van der Waals surface area contributed by atoms with Crippen molar-refractivity contribution in [1.29, 1.82) is 0 Å². The number of hydrogen-bond donors (Lipinski definition) is 2. The average Bonchev–Trinajstić information content (AvgIpc) is 3.51. The van der Waals surface area contributed by atoms with Crippen LogP contribution in [0.15, 0.2) is 70.5 Å². The summed E-state index contributed by atoms with van der Waals surface area (Å²) < 4.78 is 14.2. The van der Waals surface area contributed by atoms with Crippen molar-refractivity contribution in [1.82, 2.24) is 14.8 Å². The fourth-order valence-electron chi connectivity index (χ4n) is 4.17. The molecule has 0 fully saturated rings. The van der Waals surface area contributed by atoms with Crippen LogP contribution in [0, 0.1) is 20.8 Å². The second-order valence-corrected chi connectivity index (χ2v) is 9.85. The van der Waals surface area contributed by atoms with E-state index in [1.54, 1.807) is 24.7 Å². The molecule has 188 valence electrons. The Morgan fingerprint density at radius 3 is 2.57 bits per heavy atom. The molecule has 0 aliphatic heterocycles. The van der Waals surface area contributed by atoms with Crippen molar-refractivity contribution in [2.45, 2.75) is 27.0 Å². The predicted molar refractivity (Wildman–Crippen MR) is 146 cm³/mol. The van der Waals surface area contributed by atoms with Crippen molar-refractivity contribution in [2.24, 2.45) is 7.05 Å². The number of pyridine rings is 1. The molecule has 1 unspecified atom stereocenters. The first kappa shape index (κ1) is 24.5. The van der Waals surface area contributed by atoms with Crippen LogP contribution in [0.2, 0.25) is 0 Å². The zero-order valence-corrected chi connectivity index (χ0v) is 21.7. The molecule has 2 N–H and O–H groups in total. The summed E-state index contributed by atoms with van der Waals surface area (Å²) in [7, 11) is 1.72. The number of aliphatic hydroxyl groups excluding tert-OH is 1. The fraction of sp³-hybridized carbons (Fsp3) is 0.179. The number of aliphatic hydroxyl groups is 1. The fourth-order valence-corrected chi connectivity index (χ4v) is 5.24. The highest BCUT2D eigenvalue weighted by Gasteiger charge is 2.20. The minimum atomic E-state index is -0.924. The molecule has 0 radical (unpaired) electrons. The number of fused-ring (bicyclic) bond motifs is 1. The Kier molecular flexibility index (Phi) is 6.41. The number of ether oxygens (including phenoxy) is 1. The molecule has 2 aromatic carbocycles. The van der Waals surface area contributed by atoms with Crippen LogP contribution in [0.1, 0.15) is 17.0 Å². The number of rotatable bonds is 7. The highest BCUT2D eigenvalue weighted by Crippen LogP contribution is 2.42. The monoisotopic (exact) mass is 514 g/mol. The van der Waals surface area contributed by atoms with E-state index in [-0.39, 0.29) is 5.56 Å². The quantitative estimate of drug-likeness (QED) is 0.204. The highest BCUT2D eigenvalue weighted by molar-refractivity contribution is 7.22. The second-order valence-electron chi connectivity index (χ2n) is 8.80. The molecule has 0 bridgehead atoms. The number of anilines is 1. The van der Waals surface area contributed by atoms with Crippen molar-refractivity contribution in [3.8, 4) is 33.4 Å². The third kappa shape index (κ3) is 4.66. The Hall–Kier alpha value is -4.21. The first-order valence-electron chi connectivity index (χ1n) is 11.6. The van der Waals surface area contributed by atoms with Crippen LogP contribution in [0.25, 0.3) is 32.0 Å². The van der Waals surface area contributed by atoms with E-state index in [9.17, 15) is 9.90 Å². The largest absolute Gasteiger partial charge is 0.456 e. The summed E-state index contributed by atoms with van der Waals surface area (Å²) in [6.07, 6.45) is 2.27. The van der Waals surface area contributed by atoms with Gasteiger partial charge in [-0.05, 0) is 55.3 Å². The van der Waals surface area contributed by atoms with Gasteiger partial charge in [-0.15, -0.1) is 21.5 Å². The summed E-state index contributed by atoms with van der Waals surface area (Å²) in [6, 6.07) is 13.5. The van der Waals surface area contributed by atoms with Gasteiger partial charge in [-0.2, -0.15) is 0 Å². The van der Waals surface area contributed by atoms with Crippen LogP contribution in [0.3, 0.4) is 0 Å². The predicted octanol–water partition coefficient (Wildman–Crippen LogP) is 5.95. The molecule has 9 heteroatoms. The summed E-state index contributed by atoms with van der Waals surface area (Å²) in [4.78, 5) is 13.8. The molecule has 0 aliphatic carbocycles. The number of hydrogen-bond acceptors (Lipinski definition) is 8. The standard InChI is InChI=1S/C28H26N4O4S/c1-6-24(33)29-18-10-11-22(36-25-15(2)8-7-9-16(25)3)19(12-18)21-14-32(5)28(34)26-20(21)13-23(37-26)27-31-30-17(4)35-27/h6-14,24,29,33H,1H2,2-5H3. The highest BCUT2D eigenvalue weighted by atomic mass is 32.1. The summed E-state index contributed by atoms with van der Waals surface area (Å²) in [5, 5.41) is 21.9. The van der Waals surface area contributed by atoms with Crippen LogP contribution in [-0.4, -0.2) is 26.1 Å². The third-order valence-electron chi connectivity index (χ3n) is 6.02. The molecular weight excluding hydrogens is 488 g/mol. The van der Waals surface area contributed by atoms with E-state index in [0.717, 1.165) is 33.4 Å². The van der Waals surface area contributed by atoms with Crippen molar-refractivity contribution in [2.75, 3.05) is 5.32 Å². The molecule has 0 spiro atoms. The van der Waals surface area contributed by atoms with E-state index in [1.807, 2.05) is 56.3 Å². The van der Waals surface area contributed by atoms with Gasteiger partial charge < -0.3 is 24.1 Å². The summed E-state index contributed by atoms with van der Waals surface area (Å²) in [5.41, 5.74) is 4.08. The molecule has 0 saturated carbocycles. The van der Waals surface area contributed by atoms with Gasteiger partial charge in [0.05, 0.1) is 4.88 Å². The SMILES string of the molecule is C=CC(O)Nc1ccc(Oc2c(C)cccc2C)c(-c2cn(C)c(=O)c3sc(-c4nnc(C)o4)cc23)c1. The van der Waals surface area contributed by atoms with Gasteiger partial charge in [-0.25, -0.2) is 0 Å². The van der Waals surface area contributed by atoms with Gasteiger partial charge in [0, 0.05) is 42.4 Å².